The second-order valence-electron chi connectivity index (χ2n) is 6.36. The largest absolute Gasteiger partial charge is 0.351 e. The molecule has 4 nitrogen and oxygen atoms in total. The maximum absolute atomic E-state index is 12.6. The van der Waals surface area contributed by atoms with Crippen LogP contribution in [0.2, 0.25) is 0 Å². The molecule has 0 unspecified atom stereocenters. The number of hydrogen-bond donors (Lipinski definition) is 4. The standard InChI is InChI=1S/C18H31N3OS/c1-5-13(3)17(20-10-16(19)11-23)18(22)21-9-15-7-6-12(2)8-14(15)4/h6-8,13,16-17,20,23H,5,9-11,19H2,1-4H3,(H,21,22)/t13-,16+,17-/m0/s1. The minimum absolute atomic E-state index is 0.0330. The summed E-state index contributed by atoms with van der Waals surface area (Å²) in [7, 11) is 0. The molecule has 1 rings (SSSR count). The van der Waals surface area contributed by atoms with Gasteiger partial charge in [0.2, 0.25) is 5.91 Å². The van der Waals surface area contributed by atoms with E-state index in [9.17, 15) is 4.79 Å². The van der Waals surface area contributed by atoms with E-state index in [0.717, 1.165) is 12.0 Å². The van der Waals surface area contributed by atoms with Gasteiger partial charge >= 0.3 is 0 Å². The summed E-state index contributed by atoms with van der Waals surface area (Å²) in [5, 5.41) is 6.35. The molecule has 0 spiro atoms. The van der Waals surface area contributed by atoms with Gasteiger partial charge in [-0.05, 0) is 30.9 Å². The highest BCUT2D eigenvalue weighted by atomic mass is 32.1. The summed E-state index contributed by atoms with van der Waals surface area (Å²) in [6, 6.07) is 6.02. The molecule has 0 saturated heterocycles. The Hall–Kier alpha value is -1.04. The minimum atomic E-state index is -0.225. The van der Waals surface area contributed by atoms with Crippen molar-refractivity contribution in [3.05, 3.63) is 34.9 Å². The third-order valence-electron chi connectivity index (χ3n) is 4.28. The second kappa shape index (κ2) is 9.96. The third kappa shape index (κ3) is 6.53. The molecular formula is C18H31N3OS. The van der Waals surface area contributed by atoms with Gasteiger partial charge in [0.05, 0.1) is 6.04 Å². The van der Waals surface area contributed by atoms with E-state index < -0.39 is 0 Å². The van der Waals surface area contributed by atoms with Crippen LogP contribution in [-0.4, -0.2) is 30.3 Å². The number of aryl methyl sites for hydroxylation is 2. The first-order chi connectivity index (χ1) is 10.9. The van der Waals surface area contributed by atoms with Crippen molar-refractivity contribution in [2.45, 2.75) is 52.7 Å². The van der Waals surface area contributed by atoms with Crippen LogP contribution in [0.25, 0.3) is 0 Å². The number of nitrogens with two attached hydrogens (primary N) is 1. The molecule has 0 bridgehead atoms. The summed E-state index contributed by atoms with van der Waals surface area (Å²) in [6.07, 6.45) is 0.935. The zero-order chi connectivity index (χ0) is 17.4. The Morgan fingerprint density at radius 1 is 1.35 bits per heavy atom. The molecule has 1 aromatic rings. The van der Waals surface area contributed by atoms with Crippen LogP contribution in [0.1, 0.15) is 37.0 Å². The van der Waals surface area contributed by atoms with E-state index >= 15 is 0 Å². The molecule has 0 aliphatic rings. The number of hydrogen-bond acceptors (Lipinski definition) is 4. The van der Waals surface area contributed by atoms with Crippen molar-refractivity contribution >= 4 is 18.5 Å². The van der Waals surface area contributed by atoms with Crippen LogP contribution < -0.4 is 16.4 Å². The predicted molar refractivity (Wildman–Crippen MR) is 101 cm³/mol. The molecule has 0 saturated carbocycles. The van der Waals surface area contributed by atoms with E-state index in [2.05, 4.69) is 69.2 Å². The van der Waals surface area contributed by atoms with Crippen molar-refractivity contribution in [1.82, 2.24) is 10.6 Å². The van der Waals surface area contributed by atoms with E-state index in [1.807, 2.05) is 0 Å². The number of rotatable bonds is 9. The molecule has 1 amide bonds. The van der Waals surface area contributed by atoms with Crippen molar-refractivity contribution in [1.29, 1.82) is 0 Å². The number of nitrogens with one attached hydrogen (secondary N) is 2. The lowest BCUT2D eigenvalue weighted by Gasteiger charge is -2.25. The van der Waals surface area contributed by atoms with Crippen molar-refractivity contribution in [2.24, 2.45) is 11.7 Å². The fourth-order valence-corrected chi connectivity index (χ4v) is 2.60. The molecule has 0 fully saturated rings. The van der Waals surface area contributed by atoms with E-state index in [1.165, 1.54) is 11.1 Å². The van der Waals surface area contributed by atoms with Gasteiger partial charge in [-0.3, -0.25) is 4.79 Å². The van der Waals surface area contributed by atoms with Crippen LogP contribution in [0.15, 0.2) is 18.2 Å². The predicted octanol–water partition coefficient (Wildman–Crippen LogP) is 2.18. The Kier molecular flexibility index (Phi) is 8.66. The molecule has 3 atom stereocenters. The SMILES string of the molecule is CC[C@H](C)[C@H](NC[C@@H](N)CS)C(=O)NCc1ccc(C)cc1C. The molecule has 130 valence electrons. The Bertz CT molecular complexity index is 507. The number of amides is 1. The second-order valence-corrected chi connectivity index (χ2v) is 6.73. The minimum Gasteiger partial charge on any atom is -0.351 e. The maximum atomic E-state index is 12.6. The summed E-state index contributed by atoms with van der Waals surface area (Å²) in [6.45, 7) is 9.47. The topological polar surface area (TPSA) is 67.1 Å². The van der Waals surface area contributed by atoms with Crippen LogP contribution in [0.4, 0.5) is 0 Å². The van der Waals surface area contributed by atoms with Gasteiger partial charge in [-0.1, -0.05) is 44.0 Å². The zero-order valence-electron chi connectivity index (χ0n) is 14.7. The monoisotopic (exact) mass is 337 g/mol. The highest BCUT2D eigenvalue weighted by Gasteiger charge is 2.23. The number of benzene rings is 1. The maximum Gasteiger partial charge on any atom is 0.237 e. The van der Waals surface area contributed by atoms with E-state index in [0.29, 0.717) is 18.8 Å². The number of thiol groups is 1. The average molecular weight is 338 g/mol. The highest BCUT2D eigenvalue weighted by molar-refractivity contribution is 7.80. The molecule has 23 heavy (non-hydrogen) atoms. The van der Waals surface area contributed by atoms with E-state index in [-0.39, 0.29) is 23.9 Å². The van der Waals surface area contributed by atoms with Crippen LogP contribution >= 0.6 is 12.6 Å². The number of carbonyl (C=O) groups excluding carboxylic acids is 1. The smallest absolute Gasteiger partial charge is 0.237 e. The van der Waals surface area contributed by atoms with Crippen LogP contribution in [0.5, 0.6) is 0 Å². The van der Waals surface area contributed by atoms with Gasteiger partial charge in [0.15, 0.2) is 0 Å². The first-order valence-electron chi connectivity index (χ1n) is 8.32. The zero-order valence-corrected chi connectivity index (χ0v) is 15.6. The van der Waals surface area contributed by atoms with Crippen molar-refractivity contribution in [3.63, 3.8) is 0 Å². The van der Waals surface area contributed by atoms with Gasteiger partial charge in [0.1, 0.15) is 0 Å². The average Bonchev–Trinajstić information content (AvgIpc) is 2.53. The molecule has 0 radical (unpaired) electrons. The van der Waals surface area contributed by atoms with Crippen molar-refractivity contribution in [2.75, 3.05) is 12.3 Å². The first-order valence-corrected chi connectivity index (χ1v) is 8.95. The number of carbonyl (C=O) groups is 1. The summed E-state index contributed by atoms with van der Waals surface area (Å²) < 4.78 is 0. The third-order valence-corrected chi connectivity index (χ3v) is 4.75. The van der Waals surface area contributed by atoms with E-state index in [4.69, 9.17) is 5.73 Å². The first kappa shape index (κ1) is 20.0. The molecule has 4 N–H and O–H groups in total. The molecule has 1 aromatic carbocycles. The Labute approximate surface area is 146 Å². The van der Waals surface area contributed by atoms with Crippen molar-refractivity contribution in [3.8, 4) is 0 Å². The van der Waals surface area contributed by atoms with Gasteiger partial charge < -0.3 is 16.4 Å². The highest BCUT2D eigenvalue weighted by Crippen LogP contribution is 2.12. The lowest BCUT2D eigenvalue weighted by atomic mass is 9.97. The molecule has 0 aliphatic carbocycles. The molecule has 0 aliphatic heterocycles. The molecule has 0 aromatic heterocycles. The normalized spacial score (nSPS) is 15.0. The van der Waals surface area contributed by atoms with Crippen molar-refractivity contribution < 1.29 is 4.79 Å². The van der Waals surface area contributed by atoms with Crippen LogP contribution in [0, 0.1) is 19.8 Å². The summed E-state index contributed by atoms with van der Waals surface area (Å²) in [4.78, 5) is 12.6. The lowest BCUT2D eigenvalue weighted by molar-refractivity contribution is -0.124. The Morgan fingerprint density at radius 3 is 2.61 bits per heavy atom. The molecule has 0 heterocycles. The Morgan fingerprint density at radius 2 is 2.04 bits per heavy atom. The summed E-state index contributed by atoms with van der Waals surface area (Å²) in [5.41, 5.74) is 9.48. The fourth-order valence-electron chi connectivity index (χ4n) is 2.47. The quantitative estimate of drug-likeness (QED) is 0.522. The summed E-state index contributed by atoms with van der Waals surface area (Å²) >= 11 is 4.19. The van der Waals surface area contributed by atoms with Gasteiger partial charge in [0.25, 0.3) is 0 Å². The van der Waals surface area contributed by atoms with Gasteiger partial charge in [0, 0.05) is 24.9 Å². The fraction of sp³-hybridized carbons (Fsp3) is 0.611. The Balaban J connectivity index is 2.65. The lowest BCUT2D eigenvalue weighted by Crippen LogP contribution is -2.51. The van der Waals surface area contributed by atoms with Crippen LogP contribution in [0.3, 0.4) is 0 Å². The summed E-state index contributed by atoms with van der Waals surface area (Å²) in [5.74, 6) is 0.886. The molecular weight excluding hydrogens is 306 g/mol. The van der Waals surface area contributed by atoms with Crippen LogP contribution in [-0.2, 0) is 11.3 Å². The van der Waals surface area contributed by atoms with E-state index in [1.54, 1.807) is 0 Å². The van der Waals surface area contributed by atoms with Gasteiger partial charge in [-0.25, -0.2) is 0 Å². The van der Waals surface area contributed by atoms with Gasteiger partial charge in [-0.2, -0.15) is 12.6 Å². The van der Waals surface area contributed by atoms with Gasteiger partial charge in [-0.15, -0.1) is 0 Å². The molecule has 5 heteroatoms.